The highest BCUT2D eigenvalue weighted by atomic mass is 32.2. The first kappa shape index (κ1) is 25.0. The zero-order valence-corrected chi connectivity index (χ0v) is 22.0. The molecule has 0 bridgehead atoms. The van der Waals surface area contributed by atoms with Crippen LogP contribution in [0.4, 0.5) is 5.13 Å². The van der Waals surface area contributed by atoms with E-state index in [2.05, 4.69) is 20.2 Å². The first-order chi connectivity index (χ1) is 18.9. The molecule has 0 spiro atoms. The second-order valence-electron chi connectivity index (χ2n) is 8.84. The van der Waals surface area contributed by atoms with E-state index in [0.717, 1.165) is 21.9 Å². The van der Waals surface area contributed by atoms with E-state index in [1.54, 1.807) is 24.3 Å². The fourth-order valence-electron chi connectivity index (χ4n) is 4.24. The van der Waals surface area contributed by atoms with Crippen LogP contribution in [-0.4, -0.2) is 37.4 Å². The predicted octanol–water partition coefficient (Wildman–Crippen LogP) is 4.62. The Bertz CT molecular complexity index is 1770. The minimum atomic E-state index is -4.02. The Morgan fingerprint density at radius 2 is 1.64 bits per heavy atom. The lowest BCUT2D eigenvalue weighted by Gasteiger charge is -2.18. The predicted molar refractivity (Wildman–Crippen MR) is 148 cm³/mol. The number of anilines is 1. The quantitative estimate of drug-likeness (QED) is 0.285. The molecule has 1 atom stereocenters. The zero-order chi connectivity index (χ0) is 26.8. The minimum Gasteiger partial charge on any atom is -0.454 e. The molecule has 0 saturated heterocycles. The van der Waals surface area contributed by atoms with Gasteiger partial charge in [-0.1, -0.05) is 72.0 Å². The SMILES string of the molecule is O=C(Nc1nnc(-c2ccc3c(c2)OCO3)s1)C(Cc1ccccc1)NS(=O)(=O)c1ccc2ccccc2c1. The van der Waals surface area contributed by atoms with Gasteiger partial charge in [0.2, 0.25) is 27.9 Å². The molecule has 1 unspecified atom stereocenters. The summed E-state index contributed by atoms with van der Waals surface area (Å²) in [6.07, 6.45) is 0.146. The van der Waals surface area contributed by atoms with Gasteiger partial charge >= 0.3 is 0 Å². The van der Waals surface area contributed by atoms with Gasteiger partial charge in [0.05, 0.1) is 4.90 Å². The summed E-state index contributed by atoms with van der Waals surface area (Å²) in [6.45, 7) is 0.161. The molecule has 0 aliphatic carbocycles. The normalized spacial score (nSPS) is 13.3. The number of nitrogens with zero attached hydrogens (tertiary/aromatic N) is 2. The van der Waals surface area contributed by atoms with Gasteiger partial charge < -0.3 is 9.47 Å². The number of carbonyl (C=O) groups excluding carboxylic acids is 1. The van der Waals surface area contributed by atoms with Gasteiger partial charge in [-0.3, -0.25) is 10.1 Å². The molecule has 6 rings (SSSR count). The minimum absolute atomic E-state index is 0.0769. The molecule has 0 fully saturated rings. The second-order valence-corrected chi connectivity index (χ2v) is 11.5. The maximum atomic E-state index is 13.4. The van der Waals surface area contributed by atoms with Gasteiger partial charge in [0.25, 0.3) is 0 Å². The molecule has 11 heteroatoms. The van der Waals surface area contributed by atoms with Crippen molar-refractivity contribution in [1.82, 2.24) is 14.9 Å². The van der Waals surface area contributed by atoms with Crippen LogP contribution in [0, 0.1) is 0 Å². The highest BCUT2D eigenvalue weighted by Gasteiger charge is 2.27. The topological polar surface area (TPSA) is 120 Å². The summed E-state index contributed by atoms with van der Waals surface area (Å²) < 4.78 is 40.1. The Hall–Kier alpha value is -4.32. The molecule has 1 aromatic heterocycles. The summed E-state index contributed by atoms with van der Waals surface area (Å²) in [7, 11) is -4.02. The fourth-order valence-corrected chi connectivity index (χ4v) is 6.21. The lowest BCUT2D eigenvalue weighted by Crippen LogP contribution is -2.45. The van der Waals surface area contributed by atoms with E-state index >= 15 is 0 Å². The van der Waals surface area contributed by atoms with Gasteiger partial charge in [-0.15, -0.1) is 10.2 Å². The van der Waals surface area contributed by atoms with E-state index in [1.807, 2.05) is 60.7 Å². The summed E-state index contributed by atoms with van der Waals surface area (Å²) in [6, 6.07) is 25.9. The van der Waals surface area contributed by atoms with Crippen LogP contribution in [0.25, 0.3) is 21.3 Å². The molecule has 1 aliphatic rings. The highest BCUT2D eigenvalue weighted by Crippen LogP contribution is 2.37. The van der Waals surface area contributed by atoms with Crippen molar-refractivity contribution in [2.24, 2.45) is 0 Å². The molecule has 9 nitrogen and oxygen atoms in total. The van der Waals surface area contributed by atoms with Crippen molar-refractivity contribution in [3.05, 3.63) is 96.6 Å². The number of ether oxygens (including phenoxy) is 2. The average molecular weight is 559 g/mol. The number of benzene rings is 4. The van der Waals surface area contributed by atoms with Crippen molar-refractivity contribution in [3.8, 4) is 22.1 Å². The number of carbonyl (C=O) groups is 1. The molecule has 4 aromatic carbocycles. The van der Waals surface area contributed by atoms with Gasteiger partial charge in [0.1, 0.15) is 11.0 Å². The zero-order valence-electron chi connectivity index (χ0n) is 20.4. The Balaban J connectivity index is 1.24. The molecule has 196 valence electrons. The molecule has 2 N–H and O–H groups in total. The van der Waals surface area contributed by atoms with Gasteiger partial charge in [-0.25, -0.2) is 8.42 Å². The maximum Gasteiger partial charge on any atom is 0.244 e. The number of amides is 1. The Morgan fingerprint density at radius 3 is 2.49 bits per heavy atom. The van der Waals surface area contributed by atoms with Crippen LogP contribution in [0.2, 0.25) is 0 Å². The van der Waals surface area contributed by atoms with Crippen LogP contribution >= 0.6 is 11.3 Å². The first-order valence-corrected chi connectivity index (χ1v) is 14.3. The maximum absolute atomic E-state index is 13.4. The van der Waals surface area contributed by atoms with Crippen molar-refractivity contribution in [2.75, 3.05) is 12.1 Å². The molecule has 2 heterocycles. The second kappa shape index (κ2) is 10.4. The van der Waals surface area contributed by atoms with E-state index in [1.165, 1.54) is 17.4 Å². The molecular weight excluding hydrogens is 536 g/mol. The molecule has 39 heavy (non-hydrogen) atoms. The summed E-state index contributed by atoms with van der Waals surface area (Å²) in [5.74, 6) is 0.718. The summed E-state index contributed by atoms with van der Waals surface area (Å²) in [5.41, 5.74) is 1.56. The lowest BCUT2D eigenvalue weighted by molar-refractivity contribution is -0.117. The van der Waals surface area contributed by atoms with E-state index in [-0.39, 0.29) is 23.2 Å². The average Bonchev–Trinajstić information content (AvgIpc) is 3.62. The number of hydrogen-bond donors (Lipinski definition) is 2. The standard InChI is InChI=1S/C28H22N4O5S2/c33-26(29-28-31-30-27(38-28)21-11-13-24-25(16-21)37-17-36-24)23(14-18-6-2-1-3-7-18)32-39(34,35)22-12-10-19-8-4-5-9-20(19)15-22/h1-13,15-16,23,32H,14,17H2,(H,29,31,33). The smallest absolute Gasteiger partial charge is 0.244 e. The Labute approximate surface area is 228 Å². The van der Waals surface area contributed by atoms with Crippen molar-refractivity contribution in [3.63, 3.8) is 0 Å². The van der Waals surface area contributed by atoms with Crippen LogP contribution in [-0.2, 0) is 21.2 Å². The Morgan fingerprint density at radius 1 is 0.872 bits per heavy atom. The largest absolute Gasteiger partial charge is 0.454 e. The van der Waals surface area contributed by atoms with Crippen LogP contribution in [0.3, 0.4) is 0 Å². The molecule has 0 saturated carbocycles. The molecule has 1 amide bonds. The number of nitrogens with one attached hydrogen (secondary N) is 2. The molecular formula is C28H22N4O5S2. The van der Waals surface area contributed by atoms with E-state index in [9.17, 15) is 13.2 Å². The number of aromatic nitrogens is 2. The van der Waals surface area contributed by atoms with Crippen molar-refractivity contribution < 1.29 is 22.7 Å². The van der Waals surface area contributed by atoms with Crippen LogP contribution < -0.4 is 19.5 Å². The van der Waals surface area contributed by atoms with E-state index in [4.69, 9.17) is 9.47 Å². The number of sulfonamides is 1. The summed E-state index contributed by atoms with van der Waals surface area (Å²) in [4.78, 5) is 13.5. The number of hydrogen-bond acceptors (Lipinski definition) is 8. The number of rotatable bonds is 8. The van der Waals surface area contributed by atoms with Crippen molar-refractivity contribution in [2.45, 2.75) is 17.4 Å². The van der Waals surface area contributed by atoms with Gasteiger partial charge in [-0.05, 0) is 53.1 Å². The van der Waals surface area contributed by atoms with Crippen molar-refractivity contribution >= 4 is 43.2 Å². The van der Waals surface area contributed by atoms with E-state index in [0.29, 0.717) is 16.5 Å². The molecule has 1 aliphatic heterocycles. The Kier molecular flexibility index (Phi) is 6.69. The van der Waals surface area contributed by atoms with Crippen LogP contribution in [0.1, 0.15) is 5.56 Å². The third-order valence-electron chi connectivity index (χ3n) is 6.20. The van der Waals surface area contributed by atoms with Crippen LogP contribution in [0.5, 0.6) is 11.5 Å². The molecule has 0 radical (unpaired) electrons. The number of fused-ring (bicyclic) bond motifs is 2. The van der Waals surface area contributed by atoms with Gasteiger partial charge in [0.15, 0.2) is 11.5 Å². The van der Waals surface area contributed by atoms with Gasteiger partial charge in [0, 0.05) is 5.56 Å². The monoisotopic (exact) mass is 558 g/mol. The third kappa shape index (κ3) is 5.46. The first-order valence-electron chi connectivity index (χ1n) is 12.0. The summed E-state index contributed by atoms with van der Waals surface area (Å²) >= 11 is 1.17. The van der Waals surface area contributed by atoms with Crippen molar-refractivity contribution in [1.29, 1.82) is 0 Å². The summed E-state index contributed by atoms with van der Waals surface area (Å²) in [5, 5.41) is 13.5. The highest BCUT2D eigenvalue weighted by molar-refractivity contribution is 7.89. The third-order valence-corrected chi connectivity index (χ3v) is 8.56. The van der Waals surface area contributed by atoms with Gasteiger partial charge in [-0.2, -0.15) is 4.72 Å². The lowest BCUT2D eigenvalue weighted by atomic mass is 10.1. The van der Waals surface area contributed by atoms with Crippen LogP contribution in [0.15, 0.2) is 95.9 Å². The fraction of sp³-hybridized carbons (Fsp3) is 0.107. The molecule has 5 aromatic rings. The van der Waals surface area contributed by atoms with E-state index < -0.39 is 22.0 Å².